The Balaban J connectivity index is 1.79. The molecule has 0 saturated heterocycles. The van der Waals surface area contributed by atoms with Crippen LogP contribution in [0.25, 0.3) is 10.8 Å². The summed E-state index contributed by atoms with van der Waals surface area (Å²) in [6.07, 6.45) is 0. The van der Waals surface area contributed by atoms with E-state index in [0.717, 1.165) is 16.3 Å². The first-order chi connectivity index (χ1) is 9.74. The number of aromatic nitrogens is 3. The zero-order valence-corrected chi connectivity index (χ0v) is 10.6. The molecule has 1 amide bonds. The smallest absolute Gasteiger partial charge is 0.288 e. The Morgan fingerprint density at radius 1 is 1.20 bits per heavy atom. The molecule has 3 rings (SSSR count). The van der Waals surface area contributed by atoms with Crippen LogP contribution in [0.2, 0.25) is 0 Å². The SMILES string of the molecule is Nc1n[nH]c(C(=O)NCc2cccc3ccccc23)n1. The third-order valence-electron chi connectivity index (χ3n) is 3.04. The second-order valence-corrected chi connectivity index (χ2v) is 4.36. The molecule has 0 fully saturated rings. The first kappa shape index (κ1) is 12.2. The number of hydrogen-bond acceptors (Lipinski definition) is 4. The summed E-state index contributed by atoms with van der Waals surface area (Å²) in [5.74, 6) is -0.162. The number of anilines is 1. The van der Waals surface area contributed by atoms with E-state index in [-0.39, 0.29) is 17.7 Å². The van der Waals surface area contributed by atoms with E-state index in [0.29, 0.717) is 6.54 Å². The molecule has 20 heavy (non-hydrogen) atoms. The normalized spacial score (nSPS) is 10.6. The summed E-state index contributed by atoms with van der Waals surface area (Å²) in [7, 11) is 0. The standard InChI is InChI=1S/C14H13N5O/c15-14-17-12(18-19-14)13(20)16-8-10-6-3-5-9-4-1-2-7-11(9)10/h1-7H,8H2,(H,16,20)(H3,15,17,18,19). The van der Waals surface area contributed by atoms with Gasteiger partial charge in [0, 0.05) is 6.54 Å². The van der Waals surface area contributed by atoms with Gasteiger partial charge >= 0.3 is 0 Å². The van der Waals surface area contributed by atoms with Crippen molar-refractivity contribution in [2.45, 2.75) is 6.54 Å². The minimum atomic E-state index is -0.331. The number of nitrogens with zero attached hydrogens (tertiary/aromatic N) is 2. The van der Waals surface area contributed by atoms with E-state index in [9.17, 15) is 4.79 Å². The fraction of sp³-hybridized carbons (Fsp3) is 0.0714. The van der Waals surface area contributed by atoms with Crippen LogP contribution in [-0.4, -0.2) is 21.1 Å². The van der Waals surface area contributed by atoms with Crippen LogP contribution in [-0.2, 0) is 6.54 Å². The van der Waals surface area contributed by atoms with E-state index in [1.807, 2.05) is 42.5 Å². The maximum absolute atomic E-state index is 11.9. The van der Waals surface area contributed by atoms with Crippen molar-refractivity contribution < 1.29 is 4.79 Å². The average Bonchev–Trinajstić information content (AvgIpc) is 2.91. The van der Waals surface area contributed by atoms with E-state index >= 15 is 0 Å². The Bertz CT molecular complexity index is 760. The summed E-state index contributed by atoms with van der Waals surface area (Å²) in [5.41, 5.74) is 6.41. The maximum atomic E-state index is 11.9. The Morgan fingerprint density at radius 2 is 2.00 bits per heavy atom. The zero-order valence-electron chi connectivity index (χ0n) is 10.6. The van der Waals surface area contributed by atoms with Gasteiger partial charge in [-0.25, -0.2) is 0 Å². The van der Waals surface area contributed by atoms with Crippen LogP contribution in [0, 0.1) is 0 Å². The molecular weight excluding hydrogens is 254 g/mol. The van der Waals surface area contributed by atoms with Crippen LogP contribution in [0.3, 0.4) is 0 Å². The second kappa shape index (κ2) is 5.00. The van der Waals surface area contributed by atoms with Gasteiger partial charge in [-0.1, -0.05) is 42.5 Å². The fourth-order valence-electron chi connectivity index (χ4n) is 2.08. The molecule has 100 valence electrons. The third-order valence-corrected chi connectivity index (χ3v) is 3.04. The Kier molecular flexibility index (Phi) is 3.04. The first-order valence-corrected chi connectivity index (χ1v) is 6.17. The predicted octanol–water partition coefficient (Wildman–Crippen LogP) is 1.47. The Hall–Kier alpha value is -2.89. The lowest BCUT2D eigenvalue weighted by molar-refractivity contribution is 0.0941. The molecule has 1 heterocycles. The number of benzene rings is 2. The topological polar surface area (TPSA) is 96.7 Å². The molecule has 2 aromatic carbocycles. The summed E-state index contributed by atoms with van der Waals surface area (Å²) in [6.45, 7) is 0.417. The molecule has 0 bridgehead atoms. The van der Waals surface area contributed by atoms with Crippen LogP contribution in [0.5, 0.6) is 0 Å². The van der Waals surface area contributed by atoms with Gasteiger partial charge in [-0.3, -0.25) is 9.89 Å². The summed E-state index contributed by atoms with van der Waals surface area (Å²) in [4.78, 5) is 15.7. The highest BCUT2D eigenvalue weighted by atomic mass is 16.2. The highest BCUT2D eigenvalue weighted by molar-refractivity contribution is 5.91. The average molecular weight is 267 g/mol. The number of hydrogen-bond donors (Lipinski definition) is 3. The van der Waals surface area contributed by atoms with E-state index in [4.69, 9.17) is 5.73 Å². The van der Waals surface area contributed by atoms with Gasteiger partial charge < -0.3 is 11.1 Å². The van der Waals surface area contributed by atoms with Gasteiger partial charge in [-0.15, -0.1) is 5.10 Å². The molecular formula is C14H13N5O. The lowest BCUT2D eigenvalue weighted by atomic mass is 10.0. The maximum Gasteiger partial charge on any atom is 0.288 e. The zero-order chi connectivity index (χ0) is 13.9. The number of aromatic amines is 1. The van der Waals surface area contributed by atoms with Crippen molar-refractivity contribution in [2.75, 3.05) is 5.73 Å². The third kappa shape index (κ3) is 2.31. The molecule has 0 radical (unpaired) electrons. The van der Waals surface area contributed by atoms with Crippen molar-refractivity contribution in [3.8, 4) is 0 Å². The van der Waals surface area contributed by atoms with Crippen LogP contribution >= 0.6 is 0 Å². The number of nitrogen functional groups attached to an aromatic ring is 1. The molecule has 0 saturated carbocycles. The highest BCUT2D eigenvalue weighted by Crippen LogP contribution is 2.18. The quantitative estimate of drug-likeness (QED) is 0.669. The van der Waals surface area contributed by atoms with Crippen molar-refractivity contribution in [3.63, 3.8) is 0 Å². The van der Waals surface area contributed by atoms with Crippen molar-refractivity contribution >= 4 is 22.6 Å². The predicted molar refractivity (Wildman–Crippen MR) is 75.9 cm³/mol. The number of carbonyl (C=O) groups excluding carboxylic acids is 1. The minimum Gasteiger partial charge on any atom is -0.366 e. The molecule has 0 aliphatic heterocycles. The lowest BCUT2D eigenvalue weighted by Gasteiger charge is -2.07. The highest BCUT2D eigenvalue weighted by Gasteiger charge is 2.10. The lowest BCUT2D eigenvalue weighted by Crippen LogP contribution is -2.24. The summed E-state index contributed by atoms with van der Waals surface area (Å²) in [5, 5.41) is 11.2. The van der Waals surface area contributed by atoms with Gasteiger partial charge in [-0.05, 0) is 16.3 Å². The number of nitrogens with one attached hydrogen (secondary N) is 2. The van der Waals surface area contributed by atoms with E-state index in [2.05, 4.69) is 20.5 Å². The Morgan fingerprint density at radius 3 is 2.80 bits per heavy atom. The first-order valence-electron chi connectivity index (χ1n) is 6.17. The van der Waals surface area contributed by atoms with Gasteiger partial charge in [0.2, 0.25) is 11.8 Å². The van der Waals surface area contributed by atoms with Crippen molar-refractivity contribution in [1.82, 2.24) is 20.5 Å². The molecule has 1 aromatic heterocycles. The molecule has 0 aliphatic carbocycles. The monoisotopic (exact) mass is 267 g/mol. The van der Waals surface area contributed by atoms with E-state index in [1.165, 1.54) is 0 Å². The van der Waals surface area contributed by atoms with Crippen LogP contribution in [0.1, 0.15) is 16.2 Å². The summed E-state index contributed by atoms with van der Waals surface area (Å²) >= 11 is 0. The number of fused-ring (bicyclic) bond motifs is 1. The molecule has 6 nitrogen and oxygen atoms in total. The summed E-state index contributed by atoms with van der Waals surface area (Å²) < 4.78 is 0. The van der Waals surface area contributed by atoms with Crippen molar-refractivity contribution in [2.24, 2.45) is 0 Å². The largest absolute Gasteiger partial charge is 0.366 e. The number of nitrogens with two attached hydrogens (primary N) is 1. The number of carbonyl (C=O) groups is 1. The molecule has 6 heteroatoms. The number of amides is 1. The van der Waals surface area contributed by atoms with Gasteiger partial charge in [0.1, 0.15) is 0 Å². The van der Waals surface area contributed by atoms with Crippen molar-refractivity contribution in [1.29, 1.82) is 0 Å². The van der Waals surface area contributed by atoms with Gasteiger partial charge in [0.15, 0.2) is 0 Å². The van der Waals surface area contributed by atoms with E-state index in [1.54, 1.807) is 0 Å². The minimum absolute atomic E-state index is 0.0558. The molecule has 0 atom stereocenters. The summed E-state index contributed by atoms with van der Waals surface area (Å²) in [6, 6.07) is 14.0. The van der Waals surface area contributed by atoms with Gasteiger partial charge in [-0.2, -0.15) is 4.98 Å². The molecule has 4 N–H and O–H groups in total. The molecule has 3 aromatic rings. The number of rotatable bonds is 3. The second-order valence-electron chi connectivity index (χ2n) is 4.36. The van der Waals surface area contributed by atoms with Crippen molar-refractivity contribution in [3.05, 3.63) is 53.9 Å². The van der Waals surface area contributed by atoms with Crippen LogP contribution < -0.4 is 11.1 Å². The molecule has 0 aliphatic rings. The van der Waals surface area contributed by atoms with Crippen LogP contribution in [0.4, 0.5) is 5.95 Å². The Labute approximate surface area is 115 Å². The van der Waals surface area contributed by atoms with Crippen LogP contribution in [0.15, 0.2) is 42.5 Å². The van der Waals surface area contributed by atoms with E-state index < -0.39 is 0 Å². The fourth-order valence-corrected chi connectivity index (χ4v) is 2.08. The molecule has 0 spiro atoms. The van der Waals surface area contributed by atoms with Gasteiger partial charge in [0.25, 0.3) is 5.91 Å². The van der Waals surface area contributed by atoms with Gasteiger partial charge in [0.05, 0.1) is 0 Å². The number of H-pyrrole nitrogens is 1. The molecule has 0 unspecified atom stereocenters.